The van der Waals surface area contributed by atoms with Gasteiger partial charge in [-0.1, -0.05) is 0 Å². The number of nitrogens with zero attached hydrogens (tertiary/aromatic N) is 1. The molecule has 0 aromatic carbocycles. The maximum absolute atomic E-state index is 11.9. The van der Waals surface area contributed by atoms with E-state index < -0.39 is 12.5 Å². The highest BCUT2D eigenvalue weighted by Crippen LogP contribution is 2.23. The van der Waals surface area contributed by atoms with E-state index in [4.69, 9.17) is 0 Å². The third-order valence-corrected chi connectivity index (χ3v) is 2.44. The van der Waals surface area contributed by atoms with Gasteiger partial charge < -0.3 is 5.11 Å². The molecule has 1 aliphatic carbocycles. The first-order valence-electron chi connectivity index (χ1n) is 4.27. The summed E-state index contributed by atoms with van der Waals surface area (Å²) in [6, 6.07) is -0.0565. The molecule has 0 bridgehead atoms. The Morgan fingerprint density at radius 2 is 2.17 bits per heavy atom. The van der Waals surface area contributed by atoms with Gasteiger partial charge in [0.15, 0.2) is 0 Å². The molecule has 0 amide bonds. The van der Waals surface area contributed by atoms with Crippen LogP contribution >= 0.6 is 0 Å². The van der Waals surface area contributed by atoms with Gasteiger partial charge in [0.05, 0.1) is 12.6 Å². The topological polar surface area (TPSA) is 23.5 Å². The molecular weight excluding hydrogens is 164 g/mol. The zero-order chi connectivity index (χ0) is 9.14. The van der Waals surface area contributed by atoms with E-state index >= 15 is 0 Å². The molecule has 4 heteroatoms. The highest BCUT2D eigenvalue weighted by atomic mass is 19.3. The van der Waals surface area contributed by atoms with Crippen molar-refractivity contribution in [1.82, 2.24) is 4.90 Å². The van der Waals surface area contributed by atoms with Crippen molar-refractivity contribution < 1.29 is 13.9 Å². The van der Waals surface area contributed by atoms with Crippen molar-refractivity contribution in [3.8, 4) is 0 Å². The number of alkyl halides is 2. The largest absolute Gasteiger partial charge is 0.391 e. The van der Waals surface area contributed by atoms with Crippen LogP contribution in [0.5, 0.6) is 0 Å². The van der Waals surface area contributed by atoms with E-state index in [1.165, 1.54) is 0 Å². The van der Waals surface area contributed by atoms with Gasteiger partial charge in [-0.3, -0.25) is 4.90 Å². The third kappa shape index (κ3) is 2.38. The van der Waals surface area contributed by atoms with Crippen molar-refractivity contribution in [1.29, 1.82) is 0 Å². The molecule has 0 aromatic heterocycles. The Bertz CT molecular complexity index is 143. The fourth-order valence-corrected chi connectivity index (χ4v) is 1.79. The summed E-state index contributed by atoms with van der Waals surface area (Å²) in [6.45, 7) is -0.234. The van der Waals surface area contributed by atoms with Crippen molar-refractivity contribution >= 4 is 0 Å². The van der Waals surface area contributed by atoms with E-state index in [9.17, 15) is 13.9 Å². The fourth-order valence-electron chi connectivity index (χ4n) is 1.79. The second kappa shape index (κ2) is 4.14. The Morgan fingerprint density at radius 3 is 2.58 bits per heavy atom. The number of hydrogen-bond acceptors (Lipinski definition) is 2. The molecule has 0 saturated heterocycles. The number of aliphatic hydroxyl groups excluding tert-OH is 1. The van der Waals surface area contributed by atoms with Gasteiger partial charge >= 0.3 is 0 Å². The summed E-state index contributed by atoms with van der Waals surface area (Å²) in [5.74, 6) is 0. The highest BCUT2D eigenvalue weighted by Gasteiger charge is 2.29. The molecule has 0 aromatic rings. The quantitative estimate of drug-likeness (QED) is 0.701. The summed E-state index contributed by atoms with van der Waals surface area (Å²) < 4.78 is 23.9. The van der Waals surface area contributed by atoms with Gasteiger partial charge in [0, 0.05) is 6.04 Å². The summed E-state index contributed by atoms with van der Waals surface area (Å²) >= 11 is 0. The van der Waals surface area contributed by atoms with Crippen molar-refractivity contribution in [3.63, 3.8) is 0 Å². The number of halogens is 2. The second-order valence-corrected chi connectivity index (χ2v) is 3.40. The molecule has 0 spiro atoms. The van der Waals surface area contributed by atoms with Crippen LogP contribution in [0.25, 0.3) is 0 Å². The van der Waals surface area contributed by atoms with Crippen molar-refractivity contribution in [2.75, 3.05) is 13.6 Å². The number of aliphatic hydroxyl groups is 1. The van der Waals surface area contributed by atoms with Crippen LogP contribution in [-0.2, 0) is 0 Å². The lowest BCUT2D eigenvalue weighted by molar-refractivity contribution is 0.0391. The molecule has 0 aliphatic heterocycles. The maximum atomic E-state index is 11.9. The number of likely N-dealkylation sites (N-methyl/N-ethyl adjacent to an activating group) is 1. The predicted octanol–water partition coefficient (Wildman–Crippen LogP) is 1.10. The molecule has 1 fully saturated rings. The van der Waals surface area contributed by atoms with Crippen LogP contribution in [0.2, 0.25) is 0 Å². The summed E-state index contributed by atoms with van der Waals surface area (Å²) in [4.78, 5) is 1.56. The van der Waals surface area contributed by atoms with Crippen molar-refractivity contribution in [2.24, 2.45) is 0 Å². The van der Waals surface area contributed by atoms with Crippen LogP contribution in [-0.4, -0.2) is 42.2 Å². The Labute approximate surface area is 71.2 Å². The van der Waals surface area contributed by atoms with Gasteiger partial charge in [-0.2, -0.15) is 0 Å². The Morgan fingerprint density at radius 1 is 1.50 bits per heavy atom. The fraction of sp³-hybridized carbons (Fsp3) is 1.00. The third-order valence-electron chi connectivity index (χ3n) is 2.44. The molecule has 0 heterocycles. The van der Waals surface area contributed by atoms with Crippen LogP contribution in [0.15, 0.2) is 0 Å². The summed E-state index contributed by atoms with van der Waals surface area (Å²) in [7, 11) is 1.64. The lowest BCUT2D eigenvalue weighted by Gasteiger charge is -2.26. The molecular formula is C8H15F2NO. The molecule has 1 N–H and O–H groups in total. The molecule has 2 nitrogen and oxygen atoms in total. The van der Waals surface area contributed by atoms with Crippen LogP contribution in [0.3, 0.4) is 0 Å². The van der Waals surface area contributed by atoms with Gasteiger partial charge in [-0.05, 0) is 26.3 Å². The van der Waals surface area contributed by atoms with Crippen molar-refractivity contribution in [3.05, 3.63) is 0 Å². The van der Waals surface area contributed by atoms with Gasteiger partial charge in [0.1, 0.15) is 0 Å². The van der Waals surface area contributed by atoms with Gasteiger partial charge in [-0.15, -0.1) is 0 Å². The zero-order valence-corrected chi connectivity index (χ0v) is 7.21. The zero-order valence-electron chi connectivity index (χ0n) is 7.21. The van der Waals surface area contributed by atoms with E-state index in [-0.39, 0.29) is 12.6 Å². The second-order valence-electron chi connectivity index (χ2n) is 3.40. The summed E-state index contributed by atoms with van der Waals surface area (Å²) in [5.41, 5.74) is 0. The monoisotopic (exact) mass is 179 g/mol. The van der Waals surface area contributed by atoms with Crippen LogP contribution < -0.4 is 0 Å². The van der Waals surface area contributed by atoms with Crippen molar-refractivity contribution in [2.45, 2.75) is 37.8 Å². The van der Waals surface area contributed by atoms with E-state index in [1.54, 1.807) is 11.9 Å². The maximum Gasteiger partial charge on any atom is 0.251 e. The molecule has 1 aliphatic rings. The molecule has 1 saturated carbocycles. The average Bonchev–Trinajstić information content (AvgIpc) is 2.33. The van der Waals surface area contributed by atoms with Gasteiger partial charge in [0.25, 0.3) is 6.43 Å². The number of hydrogen-bond donors (Lipinski definition) is 1. The minimum Gasteiger partial charge on any atom is -0.391 e. The predicted molar refractivity (Wildman–Crippen MR) is 42.3 cm³/mol. The minimum atomic E-state index is -2.30. The highest BCUT2D eigenvalue weighted by molar-refractivity contribution is 4.83. The van der Waals surface area contributed by atoms with E-state index in [0.29, 0.717) is 0 Å². The Kier molecular flexibility index (Phi) is 3.40. The summed E-state index contributed by atoms with van der Waals surface area (Å²) in [6.07, 6.45) is -0.182. The Balaban J connectivity index is 2.35. The van der Waals surface area contributed by atoms with Gasteiger partial charge in [0.2, 0.25) is 0 Å². The Hall–Kier alpha value is -0.220. The standard InChI is InChI=1S/C8H15F2NO/c1-11(5-8(9)10)6-3-2-4-7(6)12/h6-8,12H,2-5H2,1H3. The van der Waals surface area contributed by atoms with Crippen LogP contribution in [0, 0.1) is 0 Å². The van der Waals surface area contributed by atoms with Gasteiger partial charge in [-0.25, -0.2) is 8.78 Å². The first-order chi connectivity index (χ1) is 5.61. The van der Waals surface area contributed by atoms with Crippen LogP contribution in [0.4, 0.5) is 8.78 Å². The molecule has 1 rings (SSSR count). The summed E-state index contributed by atoms with van der Waals surface area (Å²) in [5, 5.41) is 9.39. The average molecular weight is 179 g/mol. The SMILES string of the molecule is CN(CC(F)F)C1CCCC1O. The lowest BCUT2D eigenvalue weighted by atomic mass is 10.2. The van der Waals surface area contributed by atoms with Crippen LogP contribution in [0.1, 0.15) is 19.3 Å². The minimum absolute atomic E-state index is 0.0565. The van der Waals surface area contributed by atoms with E-state index in [2.05, 4.69) is 0 Å². The first-order valence-corrected chi connectivity index (χ1v) is 4.27. The smallest absolute Gasteiger partial charge is 0.251 e. The lowest BCUT2D eigenvalue weighted by Crippen LogP contribution is -2.40. The molecule has 0 radical (unpaired) electrons. The number of rotatable bonds is 3. The molecule has 2 unspecified atom stereocenters. The molecule has 72 valence electrons. The first kappa shape index (κ1) is 9.86. The van der Waals surface area contributed by atoms with E-state index in [1.807, 2.05) is 0 Å². The van der Waals surface area contributed by atoms with E-state index in [0.717, 1.165) is 19.3 Å². The molecule has 2 atom stereocenters. The normalized spacial score (nSPS) is 30.5. The molecule has 12 heavy (non-hydrogen) atoms.